The van der Waals surface area contributed by atoms with Gasteiger partial charge in [-0.25, -0.2) is 0 Å². The Balaban J connectivity index is 2.36. The highest BCUT2D eigenvalue weighted by Crippen LogP contribution is 2.28. The summed E-state index contributed by atoms with van der Waals surface area (Å²) < 4.78 is 0.999. The quantitative estimate of drug-likeness (QED) is 0.762. The van der Waals surface area contributed by atoms with Gasteiger partial charge in [-0.3, -0.25) is 0 Å². The first-order chi connectivity index (χ1) is 9.51. The fraction of sp³-hybridized carbons (Fsp3) is 0.294. The molecule has 3 heteroatoms. The SMILES string of the molecule is CNC(c1ccc(C(C)C)cc1)c1cc(Cl)cc(Br)c1. The molecule has 0 aliphatic heterocycles. The zero-order chi connectivity index (χ0) is 14.7. The first-order valence-corrected chi connectivity index (χ1v) is 7.91. The largest absolute Gasteiger partial charge is 0.309 e. The second-order valence-electron chi connectivity index (χ2n) is 5.25. The normalized spacial score (nSPS) is 12.7. The van der Waals surface area contributed by atoms with Crippen LogP contribution in [-0.2, 0) is 0 Å². The van der Waals surface area contributed by atoms with Crippen LogP contribution in [0.25, 0.3) is 0 Å². The van der Waals surface area contributed by atoms with Crippen LogP contribution in [0.2, 0.25) is 5.02 Å². The van der Waals surface area contributed by atoms with E-state index in [0.717, 1.165) is 15.1 Å². The molecule has 0 radical (unpaired) electrons. The Kier molecular flexibility index (Phi) is 5.25. The molecule has 106 valence electrons. The van der Waals surface area contributed by atoms with Crippen LogP contribution in [-0.4, -0.2) is 7.05 Å². The molecule has 0 amide bonds. The molecule has 0 fully saturated rings. The molecule has 0 heterocycles. The van der Waals surface area contributed by atoms with Gasteiger partial charge in [-0.1, -0.05) is 65.6 Å². The number of rotatable bonds is 4. The third kappa shape index (κ3) is 3.63. The van der Waals surface area contributed by atoms with E-state index in [2.05, 4.69) is 65.4 Å². The molecule has 20 heavy (non-hydrogen) atoms. The van der Waals surface area contributed by atoms with Gasteiger partial charge in [0, 0.05) is 9.50 Å². The molecule has 1 nitrogen and oxygen atoms in total. The van der Waals surface area contributed by atoms with Gasteiger partial charge in [-0.2, -0.15) is 0 Å². The van der Waals surface area contributed by atoms with Crippen LogP contribution >= 0.6 is 27.5 Å². The van der Waals surface area contributed by atoms with E-state index in [0.29, 0.717) is 5.92 Å². The van der Waals surface area contributed by atoms with Crippen molar-refractivity contribution in [2.24, 2.45) is 0 Å². The summed E-state index contributed by atoms with van der Waals surface area (Å²) in [5.41, 5.74) is 3.76. The van der Waals surface area contributed by atoms with E-state index < -0.39 is 0 Å². The van der Waals surface area contributed by atoms with E-state index in [1.54, 1.807) is 0 Å². The lowest BCUT2D eigenvalue weighted by molar-refractivity contribution is 0.690. The van der Waals surface area contributed by atoms with Crippen molar-refractivity contribution < 1.29 is 0 Å². The van der Waals surface area contributed by atoms with E-state index in [4.69, 9.17) is 11.6 Å². The van der Waals surface area contributed by atoms with Crippen molar-refractivity contribution in [2.45, 2.75) is 25.8 Å². The smallest absolute Gasteiger partial charge is 0.0575 e. The predicted molar refractivity (Wildman–Crippen MR) is 90.6 cm³/mol. The fourth-order valence-electron chi connectivity index (χ4n) is 2.34. The molecule has 0 saturated carbocycles. The highest BCUT2D eigenvalue weighted by molar-refractivity contribution is 9.10. The zero-order valence-corrected chi connectivity index (χ0v) is 14.3. The topological polar surface area (TPSA) is 12.0 Å². The van der Waals surface area contributed by atoms with Crippen LogP contribution in [0.5, 0.6) is 0 Å². The summed E-state index contributed by atoms with van der Waals surface area (Å²) in [6.45, 7) is 4.41. The van der Waals surface area contributed by atoms with E-state index in [1.165, 1.54) is 11.1 Å². The second-order valence-corrected chi connectivity index (χ2v) is 6.60. The maximum absolute atomic E-state index is 6.15. The molecule has 0 bridgehead atoms. The number of halogens is 2. The minimum atomic E-state index is 0.145. The van der Waals surface area contributed by atoms with Crippen LogP contribution in [0.1, 0.15) is 42.5 Å². The van der Waals surface area contributed by atoms with E-state index in [9.17, 15) is 0 Å². The van der Waals surface area contributed by atoms with Gasteiger partial charge >= 0.3 is 0 Å². The first kappa shape index (κ1) is 15.6. The number of hydrogen-bond donors (Lipinski definition) is 1. The van der Waals surface area contributed by atoms with Gasteiger partial charge < -0.3 is 5.32 Å². The second kappa shape index (κ2) is 6.75. The maximum Gasteiger partial charge on any atom is 0.0575 e. The molecule has 2 aromatic carbocycles. The third-order valence-electron chi connectivity index (χ3n) is 3.44. The Bertz CT molecular complexity index is 558. The summed E-state index contributed by atoms with van der Waals surface area (Å²) in [6.07, 6.45) is 0. The molecular weight excluding hydrogens is 334 g/mol. The Morgan fingerprint density at radius 3 is 2.05 bits per heavy atom. The lowest BCUT2D eigenvalue weighted by atomic mass is 9.95. The summed E-state index contributed by atoms with van der Waals surface area (Å²) in [4.78, 5) is 0. The van der Waals surface area contributed by atoms with Crippen LogP contribution in [0.15, 0.2) is 46.9 Å². The monoisotopic (exact) mass is 351 g/mol. The van der Waals surface area contributed by atoms with E-state index >= 15 is 0 Å². The minimum Gasteiger partial charge on any atom is -0.309 e. The molecule has 0 aromatic heterocycles. The van der Waals surface area contributed by atoms with Crippen molar-refractivity contribution in [3.63, 3.8) is 0 Å². The van der Waals surface area contributed by atoms with Crippen molar-refractivity contribution in [1.82, 2.24) is 5.32 Å². The van der Waals surface area contributed by atoms with Crippen molar-refractivity contribution in [3.8, 4) is 0 Å². The molecule has 0 saturated heterocycles. The van der Waals surface area contributed by atoms with Gasteiger partial charge in [-0.15, -0.1) is 0 Å². The summed E-state index contributed by atoms with van der Waals surface area (Å²) in [7, 11) is 1.97. The zero-order valence-electron chi connectivity index (χ0n) is 12.0. The molecule has 0 aliphatic carbocycles. The van der Waals surface area contributed by atoms with E-state index in [1.807, 2.05) is 19.2 Å². The molecule has 1 unspecified atom stereocenters. The lowest BCUT2D eigenvalue weighted by Crippen LogP contribution is -2.17. The number of nitrogens with one attached hydrogen (secondary N) is 1. The third-order valence-corrected chi connectivity index (χ3v) is 4.12. The van der Waals surface area contributed by atoms with E-state index in [-0.39, 0.29) is 6.04 Å². The van der Waals surface area contributed by atoms with Crippen LogP contribution in [0.4, 0.5) is 0 Å². The summed E-state index contributed by atoms with van der Waals surface area (Å²) in [5.74, 6) is 0.553. The van der Waals surface area contributed by atoms with Crippen molar-refractivity contribution in [3.05, 3.63) is 68.7 Å². The number of benzene rings is 2. The van der Waals surface area contributed by atoms with Gasteiger partial charge in [0.2, 0.25) is 0 Å². The average Bonchev–Trinajstić information content (AvgIpc) is 2.39. The van der Waals surface area contributed by atoms with Gasteiger partial charge in [0.15, 0.2) is 0 Å². The highest BCUT2D eigenvalue weighted by Gasteiger charge is 2.13. The fourth-order valence-corrected chi connectivity index (χ4v) is 3.23. The molecule has 0 spiro atoms. The maximum atomic E-state index is 6.15. The molecule has 2 aromatic rings. The molecule has 2 rings (SSSR count). The Morgan fingerprint density at radius 1 is 0.950 bits per heavy atom. The predicted octanol–water partition coefficient (Wildman–Crippen LogP) is 5.53. The summed E-state index contributed by atoms with van der Waals surface area (Å²) in [6, 6.07) is 14.9. The molecule has 1 atom stereocenters. The van der Waals surface area contributed by atoms with Gasteiger partial charge in [-0.05, 0) is 47.9 Å². The summed E-state index contributed by atoms with van der Waals surface area (Å²) >= 11 is 9.65. The van der Waals surface area contributed by atoms with Crippen LogP contribution in [0.3, 0.4) is 0 Å². The Hall–Kier alpha value is -0.830. The van der Waals surface area contributed by atoms with Crippen LogP contribution < -0.4 is 5.32 Å². The Labute approximate surface area is 134 Å². The van der Waals surface area contributed by atoms with Gasteiger partial charge in [0.05, 0.1) is 6.04 Å². The van der Waals surface area contributed by atoms with Crippen molar-refractivity contribution >= 4 is 27.5 Å². The van der Waals surface area contributed by atoms with Gasteiger partial charge in [0.1, 0.15) is 0 Å². The van der Waals surface area contributed by atoms with Gasteiger partial charge in [0.25, 0.3) is 0 Å². The molecular formula is C17H19BrClN. The summed E-state index contributed by atoms with van der Waals surface area (Å²) in [5, 5.41) is 4.10. The first-order valence-electron chi connectivity index (χ1n) is 6.74. The average molecular weight is 353 g/mol. The lowest BCUT2D eigenvalue weighted by Gasteiger charge is -2.19. The number of hydrogen-bond acceptors (Lipinski definition) is 1. The van der Waals surface area contributed by atoms with Crippen molar-refractivity contribution in [2.75, 3.05) is 7.05 Å². The standard InChI is InChI=1S/C17H19BrClN/c1-11(2)12-4-6-13(7-5-12)17(20-3)14-8-15(18)10-16(19)9-14/h4-11,17,20H,1-3H3. The molecule has 1 N–H and O–H groups in total. The molecule has 0 aliphatic rings. The Morgan fingerprint density at radius 2 is 1.55 bits per heavy atom. The van der Waals surface area contributed by atoms with Crippen molar-refractivity contribution in [1.29, 1.82) is 0 Å². The van der Waals surface area contributed by atoms with Crippen LogP contribution in [0, 0.1) is 0 Å². The highest BCUT2D eigenvalue weighted by atomic mass is 79.9. The minimum absolute atomic E-state index is 0.145.